The molecule has 4 aromatic rings. The summed E-state index contributed by atoms with van der Waals surface area (Å²) in [5, 5.41) is 6.33. The van der Waals surface area contributed by atoms with Gasteiger partial charge in [0.1, 0.15) is 11.5 Å². The normalized spacial score (nSPS) is 11.1. The molecule has 0 radical (unpaired) electrons. The fourth-order valence-electron chi connectivity index (χ4n) is 2.89. The van der Waals surface area contributed by atoms with Gasteiger partial charge in [0.05, 0.1) is 0 Å². The fraction of sp³-hybridized carbons (Fsp3) is 0.150. The van der Waals surface area contributed by atoms with Crippen molar-refractivity contribution in [1.82, 2.24) is 9.38 Å². The van der Waals surface area contributed by atoms with Gasteiger partial charge in [-0.1, -0.05) is 29.8 Å². The lowest BCUT2D eigenvalue weighted by molar-refractivity contribution is 1.13. The number of anilines is 3. The third-order valence-electron chi connectivity index (χ3n) is 4.44. The van der Waals surface area contributed by atoms with Crippen LogP contribution in [0.4, 0.5) is 17.2 Å². The summed E-state index contributed by atoms with van der Waals surface area (Å²) in [4.78, 5) is 7.88. The van der Waals surface area contributed by atoms with Crippen LogP contribution in [0.25, 0.3) is 16.2 Å². The molecule has 26 heavy (non-hydrogen) atoms. The van der Waals surface area contributed by atoms with E-state index in [1.165, 1.54) is 0 Å². The molecule has 132 valence electrons. The maximum atomic E-state index is 6.29. The Balaban J connectivity index is 1.82. The van der Waals surface area contributed by atoms with E-state index in [-0.39, 0.29) is 0 Å². The third kappa shape index (κ3) is 2.93. The van der Waals surface area contributed by atoms with E-state index in [0.717, 1.165) is 44.0 Å². The van der Waals surface area contributed by atoms with Crippen molar-refractivity contribution in [3.63, 3.8) is 0 Å². The molecular weight excluding hydrogens is 364 g/mol. The molecule has 0 aliphatic heterocycles. The van der Waals surface area contributed by atoms with Crippen molar-refractivity contribution in [3.8, 4) is 11.3 Å². The molecule has 0 saturated carbocycles. The number of rotatable bonds is 4. The Morgan fingerprint density at radius 1 is 1.12 bits per heavy atom. The molecule has 0 fully saturated rings. The summed E-state index contributed by atoms with van der Waals surface area (Å²) in [6.07, 6.45) is 2.03. The Labute approximate surface area is 161 Å². The first-order chi connectivity index (χ1) is 12.5. The van der Waals surface area contributed by atoms with Crippen LogP contribution in [0, 0.1) is 6.92 Å². The van der Waals surface area contributed by atoms with E-state index in [9.17, 15) is 0 Å². The van der Waals surface area contributed by atoms with Crippen molar-refractivity contribution >= 4 is 45.1 Å². The molecule has 6 heteroatoms. The molecule has 0 bridgehead atoms. The van der Waals surface area contributed by atoms with Crippen molar-refractivity contribution in [3.05, 3.63) is 64.6 Å². The second-order valence-electron chi connectivity index (χ2n) is 6.34. The van der Waals surface area contributed by atoms with Gasteiger partial charge in [-0.15, -0.1) is 11.3 Å². The number of nitrogens with zero attached hydrogens (tertiary/aromatic N) is 3. The first-order valence-corrected chi connectivity index (χ1v) is 9.56. The summed E-state index contributed by atoms with van der Waals surface area (Å²) >= 11 is 7.91. The SMILES string of the molecule is Cc1c(Cl)cccc1Nc1c(-c2ccc(N(C)C)cc2)nc2sccn12. The van der Waals surface area contributed by atoms with Crippen LogP contribution < -0.4 is 10.2 Å². The number of thiazole rings is 1. The molecule has 0 spiro atoms. The highest BCUT2D eigenvalue weighted by Gasteiger charge is 2.16. The Morgan fingerprint density at radius 2 is 1.88 bits per heavy atom. The highest BCUT2D eigenvalue weighted by Crippen LogP contribution is 2.35. The zero-order chi connectivity index (χ0) is 18.3. The maximum absolute atomic E-state index is 6.29. The zero-order valence-electron chi connectivity index (χ0n) is 14.8. The van der Waals surface area contributed by atoms with Crippen molar-refractivity contribution in [2.75, 3.05) is 24.3 Å². The number of aromatic nitrogens is 2. The summed E-state index contributed by atoms with van der Waals surface area (Å²) in [6.45, 7) is 2.02. The summed E-state index contributed by atoms with van der Waals surface area (Å²) in [6, 6.07) is 14.3. The lowest BCUT2D eigenvalue weighted by atomic mass is 10.1. The summed E-state index contributed by atoms with van der Waals surface area (Å²) < 4.78 is 2.08. The Hall–Kier alpha value is -2.50. The molecule has 2 heterocycles. The monoisotopic (exact) mass is 382 g/mol. The van der Waals surface area contributed by atoms with E-state index in [1.807, 2.05) is 50.8 Å². The molecular formula is C20H19ClN4S. The molecule has 4 nitrogen and oxygen atoms in total. The van der Waals surface area contributed by atoms with E-state index in [1.54, 1.807) is 11.3 Å². The van der Waals surface area contributed by atoms with Crippen LogP contribution in [0.15, 0.2) is 54.0 Å². The van der Waals surface area contributed by atoms with Crippen LogP contribution in [0.3, 0.4) is 0 Å². The molecule has 1 N–H and O–H groups in total. The second kappa shape index (κ2) is 6.67. The molecule has 2 aromatic heterocycles. The van der Waals surface area contributed by atoms with Gasteiger partial charge in [-0.25, -0.2) is 4.98 Å². The van der Waals surface area contributed by atoms with Crippen LogP contribution in [-0.2, 0) is 0 Å². The molecule has 0 aliphatic rings. The van der Waals surface area contributed by atoms with Crippen LogP contribution >= 0.6 is 22.9 Å². The van der Waals surface area contributed by atoms with Gasteiger partial charge in [0.25, 0.3) is 0 Å². The average molecular weight is 383 g/mol. The van der Waals surface area contributed by atoms with Crippen molar-refractivity contribution in [1.29, 1.82) is 0 Å². The topological polar surface area (TPSA) is 32.6 Å². The fourth-order valence-corrected chi connectivity index (χ4v) is 3.78. The summed E-state index contributed by atoms with van der Waals surface area (Å²) in [5.74, 6) is 0.948. The van der Waals surface area contributed by atoms with Gasteiger partial charge in [-0.3, -0.25) is 4.40 Å². The number of hydrogen-bond donors (Lipinski definition) is 1. The number of halogens is 1. The molecule has 0 amide bonds. The lowest BCUT2D eigenvalue weighted by Crippen LogP contribution is -2.08. The Kier molecular flexibility index (Phi) is 4.34. The van der Waals surface area contributed by atoms with E-state index in [2.05, 4.69) is 38.9 Å². The predicted octanol–water partition coefficient (Wildman–Crippen LogP) is 5.83. The average Bonchev–Trinajstić information content (AvgIpc) is 3.21. The molecule has 0 unspecified atom stereocenters. The number of imidazole rings is 1. The minimum Gasteiger partial charge on any atom is -0.378 e. The van der Waals surface area contributed by atoms with Gasteiger partial charge in [0.2, 0.25) is 0 Å². The first-order valence-electron chi connectivity index (χ1n) is 8.30. The largest absolute Gasteiger partial charge is 0.378 e. The van der Waals surface area contributed by atoms with Crippen LogP contribution in [0.1, 0.15) is 5.56 Å². The van der Waals surface area contributed by atoms with Gasteiger partial charge < -0.3 is 10.2 Å². The van der Waals surface area contributed by atoms with E-state index >= 15 is 0 Å². The van der Waals surface area contributed by atoms with Gasteiger partial charge in [-0.2, -0.15) is 0 Å². The quantitative estimate of drug-likeness (QED) is 0.481. The van der Waals surface area contributed by atoms with Gasteiger partial charge in [-0.05, 0) is 36.8 Å². The molecule has 4 rings (SSSR count). The molecule has 0 atom stereocenters. The van der Waals surface area contributed by atoms with Crippen LogP contribution in [0.5, 0.6) is 0 Å². The van der Waals surface area contributed by atoms with E-state index < -0.39 is 0 Å². The standard InChI is InChI=1S/C20H19ClN4S/c1-13-16(21)5-4-6-17(13)22-19-18(23-20-25(19)11-12-26-20)14-7-9-15(10-8-14)24(2)3/h4-12,22H,1-3H3. The predicted molar refractivity (Wildman–Crippen MR) is 112 cm³/mol. The van der Waals surface area contributed by atoms with Gasteiger partial charge in [0.15, 0.2) is 4.96 Å². The van der Waals surface area contributed by atoms with Crippen molar-refractivity contribution in [2.45, 2.75) is 6.92 Å². The molecule has 0 saturated heterocycles. The number of benzene rings is 2. The van der Waals surface area contributed by atoms with Crippen molar-refractivity contribution < 1.29 is 0 Å². The minimum absolute atomic E-state index is 0.748. The van der Waals surface area contributed by atoms with Crippen LogP contribution in [-0.4, -0.2) is 23.5 Å². The van der Waals surface area contributed by atoms with E-state index in [4.69, 9.17) is 16.6 Å². The van der Waals surface area contributed by atoms with Gasteiger partial charge >= 0.3 is 0 Å². The summed E-state index contributed by atoms with van der Waals surface area (Å²) in [5.41, 5.74) is 5.18. The van der Waals surface area contributed by atoms with Gasteiger partial charge in [0, 0.05) is 47.6 Å². The molecule has 2 aromatic carbocycles. The Bertz CT molecular complexity index is 1060. The number of hydrogen-bond acceptors (Lipinski definition) is 4. The zero-order valence-corrected chi connectivity index (χ0v) is 16.4. The molecule has 0 aliphatic carbocycles. The highest BCUT2D eigenvalue weighted by atomic mass is 35.5. The maximum Gasteiger partial charge on any atom is 0.195 e. The first kappa shape index (κ1) is 16.9. The number of fused-ring (bicyclic) bond motifs is 1. The summed E-state index contributed by atoms with van der Waals surface area (Å²) in [7, 11) is 4.08. The second-order valence-corrected chi connectivity index (χ2v) is 7.62. The minimum atomic E-state index is 0.748. The highest BCUT2D eigenvalue weighted by molar-refractivity contribution is 7.15. The third-order valence-corrected chi connectivity index (χ3v) is 5.61. The Morgan fingerprint density at radius 3 is 2.62 bits per heavy atom. The van der Waals surface area contributed by atoms with E-state index in [0.29, 0.717) is 0 Å². The smallest absolute Gasteiger partial charge is 0.195 e. The van der Waals surface area contributed by atoms with Crippen molar-refractivity contribution in [2.24, 2.45) is 0 Å². The van der Waals surface area contributed by atoms with Crippen LogP contribution in [0.2, 0.25) is 5.02 Å². The number of nitrogens with one attached hydrogen (secondary N) is 1. The lowest BCUT2D eigenvalue weighted by Gasteiger charge is -2.14.